The van der Waals surface area contributed by atoms with Crippen LogP contribution in [0.3, 0.4) is 0 Å². The van der Waals surface area contributed by atoms with Gasteiger partial charge in [0, 0.05) is 6.04 Å². The number of nitrogens with zero attached hydrogens (tertiary/aromatic N) is 3. The minimum atomic E-state index is -0.115. The predicted molar refractivity (Wildman–Crippen MR) is 57.9 cm³/mol. The van der Waals surface area contributed by atoms with Gasteiger partial charge in [-0.3, -0.25) is 4.79 Å². The Morgan fingerprint density at radius 2 is 2.33 bits per heavy atom. The van der Waals surface area contributed by atoms with E-state index in [-0.39, 0.29) is 11.6 Å². The molecule has 0 aliphatic heterocycles. The summed E-state index contributed by atoms with van der Waals surface area (Å²) in [7, 11) is 0. The molecule has 2 rings (SSSR count). The van der Waals surface area contributed by atoms with Crippen LogP contribution >= 0.6 is 0 Å². The third kappa shape index (κ3) is 1.54. The lowest BCUT2D eigenvalue weighted by Crippen LogP contribution is -2.15. The standard InChI is InChI=1S/C10H14N4O/c1-4-6(2)14-5-11-9-8(14)10(15)13-7(3)12-9/h5-6H,4H2,1-3H3,(H,12,13,15). The number of aromatic nitrogens is 4. The van der Waals surface area contributed by atoms with Crippen LogP contribution in [0.25, 0.3) is 11.2 Å². The molecule has 5 heteroatoms. The van der Waals surface area contributed by atoms with E-state index in [9.17, 15) is 4.79 Å². The van der Waals surface area contributed by atoms with Gasteiger partial charge in [0.05, 0.1) is 6.33 Å². The van der Waals surface area contributed by atoms with Gasteiger partial charge in [0.2, 0.25) is 0 Å². The summed E-state index contributed by atoms with van der Waals surface area (Å²) in [5.41, 5.74) is 0.974. The second-order valence-corrected chi connectivity index (χ2v) is 3.73. The molecule has 5 nitrogen and oxygen atoms in total. The molecule has 2 heterocycles. The largest absolute Gasteiger partial charge is 0.322 e. The first kappa shape index (κ1) is 9.89. The van der Waals surface area contributed by atoms with Crippen LogP contribution in [0.15, 0.2) is 11.1 Å². The van der Waals surface area contributed by atoms with Crippen LogP contribution in [0.4, 0.5) is 0 Å². The van der Waals surface area contributed by atoms with Gasteiger partial charge in [-0.15, -0.1) is 0 Å². The molecule has 1 unspecified atom stereocenters. The fraction of sp³-hybridized carbons (Fsp3) is 0.500. The van der Waals surface area contributed by atoms with Crippen molar-refractivity contribution in [2.75, 3.05) is 0 Å². The van der Waals surface area contributed by atoms with E-state index in [1.807, 2.05) is 4.57 Å². The maximum absolute atomic E-state index is 11.7. The molecule has 0 saturated carbocycles. The Bertz CT molecular complexity index is 540. The van der Waals surface area contributed by atoms with Gasteiger partial charge in [-0.05, 0) is 20.3 Å². The number of rotatable bonds is 2. The summed E-state index contributed by atoms with van der Waals surface area (Å²) < 4.78 is 1.88. The van der Waals surface area contributed by atoms with Crippen molar-refractivity contribution in [1.82, 2.24) is 19.5 Å². The van der Waals surface area contributed by atoms with Gasteiger partial charge in [0.1, 0.15) is 5.82 Å². The first-order valence-electron chi connectivity index (χ1n) is 5.07. The van der Waals surface area contributed by atoms with Crippen molar-refractivity contribution in [2.24, 2.45) is 0 Å². The zero-order chi connectivity index (χ0) is 11.0. The van der Waals surface area contributed by atoms with E-state index in [0.717, 1.165) is 6.42 Å². The Morgan fingerprint density at radius 1 is 1.60 bits per heavy atom. The number of aryl methyl sites for hydroxylation is 1. The third-order valence-electron chi connectivity index (χ3n) is 2.62. The first-order chi connectivity index (χ1) is 7.13. The monoisotopic (exact) mass is 206 g/mol. The second-order valence-electron chi connectivity index (χ2n) is 3.73. The molecular formula is C10H14N4O. The van der Waals surface area contributed by atoms with Crippen LogP contribution in [0.2, 0.25) is 0 Å². The molecule has 1 N–H and O–H groups in total. The number of nitrogens with one attached hydrogen (secondary N) is 1. The summed E-state index contributed by atoms with van der Waals surface area (Å²) in [4.78, 5) is 22.8. The Morgan fingerprint density at radius 3 is 3.00 bits per heavy atom. The van der Waals surface area contributed by atoms with Gasteiger partial charge < -0.3 is 9.55 Å². The molecule has 0 fully saturated rings. The SMILES string of the molecule is CCC(C)n1cnc2nc(C)[nH]c(=O)c21. The Hall–Kier alpha value is -1.65. The van der Waals surface area contributed by atoms with Gasteiger partial charge in [-0.1, -0.05) is 6.92 Å². The minimum Gasteiger partial charge on any atom is -0.322 e. The summed E-state index contributed by atoms with van der Waals surface area (Å²) in [6.45, 7) is 5.88. The minimum absolute atomic E-state index is 0.115. The van der Waals surface area contributed by atoms with Gasteiger partial charge in [-0.2, -0.15) is 0 Å². The van der Waals surface area contributed by atoms with Crippen molar-refractivity contribution in [2.45, 2.75) is 33.2 Å². The molecule has 0 radical (unpaired) electrons. The zero-order valence-corrected chi connectivity index (χ0v) is 9.11. The van der Waals surface area contributed by atoms with E-state index in [4.69, 9.17) is 0 Å². The Labute approximate surface area is 87.2 Å². The van der Waals surface area contributed by atoms with Crippen molar-refractivity contribution < 1.29 is 0 Å². The molecular weight excluding hydrogens is 192 g/mol. The topological polar surface area (TPSA) is 63.6 Å². The second kappa shape index (κ2) is 3.49. The molecule has 2 aromatic rings. The van der Waals surface area contributed by atoms with E-state index in [0.29, 0.717) is 17.0 Å². The molecule has 0 saturated heterocycles. The van der Waals surface area contributed by atoms with Crippen LogP contribution in [0, 0.1) is 6.92 Å². The first-order valence-corrected chi connectivity index (χ1v) is 5.07. The highest BCUT2D eigenvalue weighted by Gasteiger charge is 2.12. The summed E-state index contributed by atoms with van der Waals surface area (Å²) >= 11 is 0. The van der Waals surface area contributed by atoms with E-state index in [1.54, 1.807) is 13.3 Å². The van der Waals surface area contributed by atoms with E-state index in [2.05, 4.69) is 28.8 Å². The van der Waals surface area contributed by atoms with Gasteiger partial charge in [-0.25, -0.2) is 9.97 Å². The van der Waals surface area contributed by atoms with E-state index < -0.39 is 0 Å². The lowest BCUT2D eigenvalue weighted by Gasteiger charge is -2.10. The zero-order valence-electron chi connectivity index (χ0n) is 9.11. The number of hydrogen-bond acceptors (Lipinski definition) is 3. The summed E-state index contributed by atoms with van der Waals surface area (Å²) in [5, 5.41) is 0. The Balaban J connectivity index is 2.75. The van der Waals surface area contributed by atoms with Crippen molar-refractivity contribution in [3.05, 3.63) is 22.5 Å². The molecule has 0 bridgehead atoms. The maximum atomic E-state index is 11.7. The van der Waals surface area contributed by atoms with E-state index >= 15 is 0 Å². The lowest BCUT2D eigenvalue weighted by molar-refractivity contribution is 0.543. The highest BCUT2D eigenvalue weighted by atomic mass is 16.1. The van der Waals surface area contributed by atoms with Crippen LogP contribution in [-0.2, 0) is 0 Å². The number of fused-ring (bicyclic) bond motifs is 1. The number of imidazole rings is 1. The van der Waals surface area contributed by atoms with E-state index in [1.165, 1.54) is 0 Å². The Kier molecular flexibility index (Phi) is 2.30. The fourth-order valence-electron chi connectivity index (χ4n) is 1.59. The van der Waals surface area contributed by atoms with Crippen LogP contribution in [0.1, 0.15) is 32.1 Å². The normalized spacial score (nSPS) is 13.3. The smallest absolute Gasteiger partial charge is 0.277 e. The quantitative estimate of drug-likeness (QED) is 0.807. The maximum Gasteiger partial charge on any atom is 0.277 e. The van der Waals surface area contributed by atoms with Crippen LogP contribution in [0.5, 0.6) is 0 Å². The average Bonchev–Trinajstić information content (AvgIpc) is 2.60. The molecule has 80 valence electrons. The summed E-state index contributed by atoms with van der Waals surface area (Å²) in [5.74, 6) is 0.599. The van der Waals surface area contributed by atoms with Gasteiger partial charge >= 0.3 is 0 Å². The summed E-state index contributed by atoms with van der Waals surface area (Å²) in [6.07, 6.45) is 2.64. The average molecular weight is 206 g/mol. The highest BCUT2D eigenvalue weighted by Crippen LogP contribution is 2.14. The van der Waals surface area contributed by atoms with Gasteiger partial charge in [0.25, 0.3) is 5.56 Å². The molecule has 0 aliphatic rings. The molecule has 0 amide bonds. The number of hydrogen-bond donors (Lipinski definition) is 1. The van der Waals surface area contributed by atoms with Crippen molar-refractivity contribution >= 4 is 11.2 Å². The molecule has 2 aromatic heterocycles. The molecule has 0 aromatic carbocycles. The fourth-order valence-corrected chi connectivity index (χ4v) is 1.59. The molecule has 0 aliphatic carbocycles. The van der Waals surface area contributed by atoms with Crippen molar-refractivity contribution in [3.8, 4) is 0 Å². The lowest BCUT2D eigenvalue weighted by atomic mass is 10.2. The number of aromatic amines is 1. The third-order valence-corrected chi connectivity index (χ3v) is 2.62. The van der Waals surface area contributed by atoms with Crippen molar-refractivity contribution in [3.63, 3.8) is 0 Å². The number of H-pyrrole nitrogens is 1. The predicted octanol–water partition coefficient (Wildman–Crippen LogP) is 1.40. The van der Waals surface area contributed by atoms with Gasteiger partial charge in [0.15, 0.2) is 11.2 Å². The molecule has 1 atom stereocenters. The van der Waals surface area contributed by atoms with Crippen LogP contribution < -0.4 is 5.56 Å². The molecule has 0 spiro atoms. The van der Waals surface area contributed by atoms with Crippen molar-refractivity contribution in [1.29, 1.82) is 0 Å². The molecule has 15 heavy (non-hydrogen) atoms. The van der Waals surface area contributed by atoms with Crippen LogP contribution in [-0.4, -0.2) is 19.5 Å². The highest BCUT2D eigenvalue weighted by molar-refractivity contribution is 5.69. The summed E-state index contributed by atoms with van der Waals surface area (Å²) in [6, 6.07) is 0.264.